The maximum absolute atomic E-state index is 11.9. The lowest BCUT2D eigenvalue weighted by molar-refractivity contribution is 0.418. The highest BCUT2D eigenvalue weighted by Gasteiger charge is 2.12. The Morgan fingerprint density at radius 3 is 2.65 bits per heavy atom. The van der Waals surface area contributed by atoms with Gasteiger partial charge in [0.15, 0.2) is 0 Å². The standard InChI is InChI=1S/C13H16N2O2/c1-7-4-5-10(17-3)12-11(7)8(2)9(6-14)13(16)15-12/h4-5H,6,14H2,1-3H3,(H,15,16). The molecule has 1 aromatic heterocycles. The van der Waals surface area contributed by atoms with Gasteiger partial charge in [-0.15, -0.1) is 0 Å². The number of nitrogens with two attached hydrogens (primary N) is 1. The number of aromatic nitrogens is 1. The number of benzene rings is 1. The number of hydrogen-bond acceptors (Lipinski definition) is 3. The maximum atomic E-state index is 11.9. The Kier molecular flexibility index (Phi) is 2.90. The van der Waals surface area contributed by atoms with Crippen molar-refractivity contribution < 1.29 is 4.74 Å². The Bertz CT molecular complexity index is 629. The van der Waals surface area contributed by atoms with Gasteiger partial charge < -0.3 is 15.5 Å². The minimum atomic E-state index is -0.138. The molecule has 0 saturated heterocycles. The quantitative estimate of drug-likeness (QED) is 0.826. The second kappa shape index (κ2) is 4.22. The van der Waals surface area contributed by atoms with E-state index in [4.69, 9.17) is 10.5 Å². The molecule has 0 amide bonds. The summed E-state index contributed by atoms with van der Waals surface area (Å²) >= 11 is 0. The fourth-order valence-corrected chi connectivity index (χ4v) is 2.22. The van der Waals surface area contributed by atoms with Gasteiger partial charge in [0.05, 0.1) is 12.6 Å². The van der Waals surface area contributed by atoms with E-state index in [1.165, 1.54) is 0 Å². The number of H-pyrrole nitrogens is 1. The van der Waals surface area contributed by atoms with Gasteiger partial charge >= 0.3 is 0 Å². The molecular weight excluding hydrogens is 216 g/mol. The van der Waals surface area contributed by atoms with Crippen molar-refractivity contribution in [3.05, 3.63) is 39.2 Å². The predicted octanol–water partition coefficient (Wildman–Crippen LogP) is 1.61. The number of rotatable bonds is 2. The molecular formula is C13H16N2O2. The molecule has 2 rings (SSSR count). The first kappa shape index (κ1) is 11.7. The molecule has 1 aromatic carbocycles. The first-order chi connectivity index (χ1) is 8.10. The van der Waals surface area contributed by atoms with Crippen LogP contribution >= 0.6 is 0 Å². The number of aryl methyl sites for hydroxylation is 2. The maximum Gasteiger partial charge on any atom is 0.253 e. The smallest absolute Gasteiger partial charge is 0.253 e. The Morgan fingerprint density at radius 2 is 2.06 bits per heavy atom. The molecule has 1 heterocycles. The van der Waals surface area contributed by atoms with E-state index in [0.29, 0.717) is 11.3 Å². The monoisotopic (exact) mass is 232 g/mol. The largest absolute Gasteiger partial charge is 0.495 e. The molecule has 3 N–H and O–H groups in total. The van der Waals surface area contributed by atoms with Gasteiger partial charge in [-0.1, -0.05) is 6.07 Å². The van der Waals surface area contributed by atoms with Gasteiger partial charge in [0, 0.05) is 17.5 Å². The molecule has 0 unspecified atom stereocenters. The fraction of sp³-hybridized carbons (Fsp3) is 0.308. The summed E-state index contributed by atoms with van der Waals surface area (Å²) in [7, 11) is 1.59. The van der Waals surface area contributed by atoms with Crippen LogP contribution < -0.4 is 16.0 Å². The molecule has 17 heavy (non-hydrogen) atoms. The van der Waals surface area contributed by atoms with Crippen molar-refractivity contribution in [1.29, 1.82) is 0 Å². The zero-order valence-electron chi connectivity index (χ0n) is 10.3. The third-order valence-electron chi connectivity index (χ3n) is 3.14. The highest BCUT2D eigenvalue weighted by atomic mass is 16.5. The highest BCUT2D eigenvalue weighted by molar-refractivity contribution is 5.90. The van der Waals surface area contributed by atoms with Gasteiger partial charge in [0.1, 0.15) is 5.75 Å². The van der Waals surface area contributed by atoms with Crippen LogP contribution in [0.25, 0.3) is 10.9 Å². The van der Waals surface area contributed by atoms with Crippen LogP contribution in [-0.4, -0.2) is 12.1 Å². The van der Waals surface area contributed by atoms with Gasteiger partial charge in [-0.25, -0.2) is 0 Å². The molecule has 4 nitrogen and oxygen atoms in total. The average Bonchev–Trinajstić information content (AvgIpc) is 2.29. The van der Waals surface area contributed by atoms with Gasteiger partial charge in [-0.3, -0.25) is 4.79 Å². The van der Waals surface area contributed by atoms with E-state index < -0.39 is 0 Å². The number of ether oxygens (including phenoxy) is 1. The molecule has 0 aliphatic carbocycles. The van der Waals surface area contributed by atoms with Crippen molar-refractivity contribution in [1.82, 2.24) is 4.98 Å². The number of aromatic amines is 1. The molecule has 0 fully saturated rings. The van der Waals surface area contributed by atoms with Gasteiger partial charge in [-0.05, 0) is 31.0 Å². The summed E-state index contributed by atoms with van der Waals surface area (Å²) in [6.07, 6.45) is 0. The summed E-state index contributed by atoms with van der Waals surface area (Å²) in [5.74, 6) is 0.675. The first-order valence-corrected chi connectivity index (χ1v) is 5.49. The molecule has 0 aliphatic rings. The fourth-order valence-electron chi connectivity index (χ4n) is 2.22. The van der Waals surface area contributed by atoms with Crippen molar-refractivity contribution in [2.45, 2.75) is 20.4 Å². The number of nitrogens with one attached hydrogen (secondary N) is 1. The van der Waals surface area contributed by atoms with Crippen molar-refractivity contribution in [3.63, 3.8) is 0 Å². The minimum absolute atomic E-state index is 0.138. The van der Waals surface area contributed by atoms with Gasteiger partial charge in [0.2, 0.25) is 0 Å². The molecule has 2 aromatic rings. The van der Waals surface area contributed by atoms with Gasteiger partial charge in [-0.2, -0.15) is 0 Å². The first-order valence-electron chi connectivity index (χ1n) is 5.49. The van der Waals surface area contributed by atoms with E-state index in [1.807, 2.05) is 26.0 Å². The van der Waals surface area contributed by atoms with Crippen molar-refractivity contribution in [2.24, 2.45) is 5.73 Å². The highest BCUT2D eigenvalue weighted by Crippen LogP contribution is 2.28. The number of hydrogen-bond donors (Lipinski definition) is 2. The van der Waals surface area contributed by atoms with Crippen molar-refractivity contribution >= 4 is 10.9 Å². The summed E-state index contributed by atoms with van der Waals surface area (Å²) in [6, 6.07) is 3.84. The predicted molar refractivity (Wildman–Crippen MR) is 68.5 cm³/mol. The third kappa shape index (κ3) is 1.70. The van der Waals surface area contributed by atoms with E-state index in [2.05, 4.69) is 4.98 Å². The van der Waals surface area contributed by atoms with Crippen LogP contribution in [0.5, 0.6) is 5.75 Å². The lowest BCUT2D eigenvalue weighted by atomic mass is 10.0. The topological polar surface area (TPSA) is 68.1 Å². The lowest BCUT2D eigenvalue weighted by Gasteiger charge is -2.12. The normalized spacial score (nSPS) is 10.8. The Balaban J connectivity index is 3.00. The molecule has 0 saturated carbocycles. The van der Waals surface area contributed by atoms with E-state index in [0.717, 1.165) is 22.0 Å². The van der Waals surface area contributed by atoms with E-state index in [9.17, 15) is 4.79 Å². The SMILES string of the molecule is COc1ccc(C)c2c(C)c(CN)c(=O)[nH]c12. The number of methoxy groups -OCH3 is 1. The van der Waals surface area contributed by atoms with Gasteiger partial charge in [0.25, 0.3) is 5.56 Å². The third-order valence-corrected chi connectivity index (χ3v) is 3.14. The number of pyridine rings is 1. The number of fused-ring (bicyclic) bond motifs is 1. The van der Waals surface area contributed by atoms with Crippen LogP contribution in [0.2, 0.25) is 0 Å². The molecule has 0 bridgehead atoms. The van der Waals surface area contributed by atoms with E-state index >= 15 is 0 Å². The van der Waals surface area contributed by atoms with Crippen molar-refractivity contribution in [2.75, 3.05) is 7.11 Å². The second-order valence-corrected chi connectivity index (χ2v) is 4.10. The molecule has 0 atom stereocenters. The van der Waals surface area contributed by atoms with Crippen LogP contribution in [0.4, 0.5) is 0 Å². The Morgan fingerprint density at radius 1 is 1.35 bits per heavy atom. The van der Waals surface area contributed by atoms with E-state index in [1.54, 1.807) is 7.11 Å². The Labute approximate surface area is 99.4 Å². The summed E-state index contributed by atoms with van der Waals surface area (Å²) in [5, 5.41) is 1.02. The van der Waals surface area contributed by atoms with Crippen LogP contribution in [0.3, 0.4) is 0 Å². The van der Waals surface area contributed by atoms with Crippen molar-refractivity contribution in [3.8, 4) is 5.75 Å². The summed E-state index contributed by atoms with van der Waals surface area (Å²) < 4.78 is 5.26. The lowest BCUT2D eigenvalue weighted by Crippen LogP contribution is -2.18. The van der Waals surface area contributed by atoms with Crippen LogP contribution in [-0.2, 0) is 6.54 Å². The zero-order chi connectivity index (χ0) is 12.6. The molecule has 90 valence electrons. The Hall–Kier alpha value is -1.81. The second-order valence-electron chi connectivity index (χ2n) is 4.10. The molecule has 0 radical (unpaired) electrons. The minimum Gasteiger partial charge on any atom is -0.495 e. The summed E-state index contributed by atoms with van der Waals surface area (Å²) in [6.45, 7) is 4.17. The van der Waals surface area contributed by atoms with Crippen LogP contribution in [0, 0.1) is 13.8 Å². The molecule has 4 heteroatoms. The average molecular weight is 232 g/mol. The molecule has 0 aliphatic heterocycles. The zero-order valence-corrected chi connectivity index (χ0v) is 10.3. The van der Waals surface area contributed by atoms with Crippen LogP contribution in [0.15, 0.2) is 16.9 Å². The summed E-state index contributed by atoms with van der Waals surface area (Å²) in [4.78, 5) is 14.7. The van der Waals surface area contributed by atoms with E-state index in [-0.39, 0.29) is 12.1 Å². The van der Waals surface area contributed by atoms with Crippen LogP contribution in [0.1, 0.15) is 16.7 Å². The molecule has 0 spiro atoms. The summed E-state index contributed by atoms with van der Waals surface area (Å²) in [5.41, 5.74) is 8.88.